The quantitative estimate of drug-likeness (QED) is 0.437. The third kappa shape index (κ3) is 5.23. The van der Waals surface area contributed by atoms with Gasteiger partial charge in [0.1, 0.15) is 12.4 Å². The first-order chi connectivity index (χ1) is 8.30. The van der Waals surface area contributed by atoms with Crippen molar-refractivity contribution in [2.45, 2.75) is 18.5 Å². The van der Waals surface area contributed by atoms with E-state index in [1.807, 2.05) is 13.3 Å². The van der Waals surface area contributed by atoms with Crippen LogP contribution in [0.5, 0.6) is 5.88 Å². The third-order valence-electron chi connectivity index (χ3n) is 1.95. The number of anilines is 1. The smallest absolute Gasteiger partial charge is 0.219 e. The van der Waals surface area contributed by atoms with E-state index in [9.17, 15) is 0 Å². The number of aromatic nitrogens is 2. The summed E-state index contributed by atoms with van der Waals surface area (Å²) in [6.07, 6.45) is 2.96. The summed E-state index contributed by atoms with van der Waals surface area (Å²) in [4.78, 5) is 8.51. The fourth-order valence-electron chi connectivity index (χ4n) is 1.15. The fourth-order valence-corrected chi connectivity index (χ4v) is 1.52. The molecule has 0 saturated carbocycles. The number of thioether (sulfide) groups is 1. The Balaban J connectivity index is 2.46. The van der Waals surface area contributed by atoms with Crippen LogP contribution in [0.25, 0.3) is 0 Å². The second-order valence-corrected chi connectivity index (χ2v) is 4.06. The van der Waals surface area contributed by atoms with Crippen LogP contribution in [0.2, 0.25) is 0 Å². The van der Waals surface area contributed by atoms with Crippen molar-refractivity contribution in [2.75, 3.05) is 38.4 Å². The average molecular weight is 257 g/mol. The Morgan fingerprint density at radius 1 is 1.29 bits per heavy atom. The van der Waals surface area contributed by atoms with Gasteiger partial charge in [0.15, 0.2) is 5.16 Å². The van der Waals surface area contributed by atoms with Gasteiger partial charge >= 0.3 is 0 Å². The van der Waals surface area contributed by atoms with Crippen molar-refractivity contribution in [1.29, 1.82) is 0 Å². The van der Waals surface area contributed by atoms with E-state index in [-0.39, 0.29) is 0 Å². The van der Waals surface area contributed by atoms with Gasteiger partial charge in [0.25, 0.3) is 0 Å². The van der Waals surface area contributed by atoms with Crippen molar-refractivity contribution in [1.82, 2.24) is 9.97 Å². The highest BCUT2D eigenvalue weighted by molar-refractivity contribution is 7.98. The summed E-state index contributed by atoms with van der Waals surface area (Å²) in [5.74, 6) is 1.34. The van der Waals surface area contributed by atoms with Crippen LogP contribution in [0, 0.1) is 0 Å². The summed E-state index contributed by atoms with van der Waals surface area (Å²) in [7, 11) is 1.82. The van der Waals surface area contributed by atoms with E-state index in [2.05, 4.69) is 22.2 Å². The minimum absolute atomic E-state index is 0.508. The van der Waals surface area contributed by atoms with E-state index < -0.39 is 0 Å². The van der Waals surface area contributed by atoms with E-state index in [0.29, 0.717) is 24.3 Å². The highest BCUT2D eigenvalue weighted by Crippen LogP contribution is 2.18. The summed E-state index contributed by atoms with van der Waals surface area (Å²) < 4.78 is 10.8. The van der Waals surface area contributed by atoms with Crippen LogP contribution in [0.4, 0.5) is 5.82 Å². The van der Waals surface area contributed by atoms with Gasteiger partial charge in [-0.3, -0.25) is 0 Å². The van der Waals surface area contributed by atoms with Gasteiger partial charge in [-0.1, -0.05) is 18.7 Å². The summed E-state index contributed by atoms with van der Waals surface area (Å²) in [6.45, 7) is 3.94. The molecule has 0 aromatic carbocycles. The zero-order chi connectivity index (χ0) is 12.5. The van der Waals surface area contributed by atoms with Gasteiger partial charge < -0.3 is 14.8 Å². The molecule has 17 heavy (non-hydrogen) atoms. The first-order valence-corrected chi connectivity index (χ1v) is 6.84. The molecule has 6 heteroatoms. The largest absolute Gasteiger partial charge is 0.475 e. The van der Waals surface area contributed by atoms with Crippen LogP contribution in [0.15, 0.2) is 11.2 Å². The third-order valence-corrected chi connectivity index (χ3v) is 2.49. The maximum absolute atomic E-state index is 5.51. The lowest BCUT2D eigenvalue weighted by molar-refractivity contribution is 0.0987. The molecular weight excluding hydrogens is 238 g/mol. The van der Waals surface area contributed by atoms with Crippen molar-refractivity contribution in [2.24, 2.45) is 0 Å². The number of nitrogens with zero attached hydrogens (tertiary/aromatic N) is 2. The molecule has 0 fully saturated rings. The zero-order valence-electron chi connectivity index (χ0n) is 10.5. The van der Waals surface area contributed by atoms with E-state index in [1.165, 1.54) is 11.8 Å². The molecule has 0 spiro atoms. The van der Waals surface area contributed by atoms with Crippen molar-refractivity contribution in [3.05, 3.63) is 6.07 Å². The monoisotopic (exact) mass is 257 g/mol. The lowest BCUT2D eigenvalue weighted by Crippen LogP contribution is -2.09. The molecular formula is C11H19N3O2S. The molecule has 5 nitrogen and oxygen atoms in total. The van der Waals surface area contributed by atoms with Crippen LogP contribution in [-0.2, 0) is 4.74 Å². The molecule has 0 saturated heterocycles. The zero-order valence-corrected chi connectivity index (χ0v) is 11.3. The Hall–Kier alpha value is -1.01. The Morgan fingerprint density at radius 2 is 2.12 bits per heavy atom. The molecule has 0 aliphatic carbocycles. The normalized spacial score (nSPS) is 10.3. The lowest BCUT2D eigenvalue weighted by atomic mass is 10.5. The second kappa shape index (κ2) is 8.14. The van der Waals surface area contributed by atoms with Crippen LogP contribution < -0.4 is 10.1 Å². The maximum atomic E-state index is 5.51. The highest BCUT2D eigenvalue weighted by Gasteiger charge is 2.03. The first-order valence-electron chi connectivity index (χ1n) is 5.61. The number of nitrogens with one attached hydrogen (secondary N) is 1. The molecule has 0 aliphatic heterocycles. The molecule has 0 unspecified atom stereocenters. The Morgan fingerprint density at radius 3 is 2.76 bits per heavy atom. The van der Waals surface area contributed by atoms with Crippen molar-refractivity contribution < 1.29 is 9.47 Å². The van der Waals surface area contributed by atoms with Crippen molar-refractivity contribution in [3.8, 4) is 5.88 Å². The number of ether oxygens (including phenoxy) is 2. The van der Waals surface area contributed by atoms with Gasteiger partial charge in [0, 0.05) is 19.7 Å². The molecule has 96 valence electrons. The fraction of sp³-hybridized carbons (Fsp3) is 0.636. The average Bonchev–Trinajstić information content (AvgIpc) is 2.38. The SMILES string of the molecule is CCCOCCOc1cc(NC)nc(SC)n1. The van der Waals surface area contributed by atoms with Crippen molar-refractivity contribution in [3.63, 3.8) is 0 Å². The van der Waals surface area contributed by atoms with Crippen LogP contribution in [-0.4, -0.2) is 43.1 Å². The number of hydrogen-bond acceptors (Lipinski definition) is 6. The van der Waals surface area contributed by atoms with Gasteiger partial charge in [-0.15, -0.1) is 0 Å². The molecule has 1 aromatic heterocycles. The van der Waals surface area contributed by atoms with E-state index in [1.54, 1.807) is 6.07 Å². The molecule has 0 bridgehead atoms. The molecule has 0 radical (unpaired) electrons. The Kier molecular flexibility index (Phi) is 6.73. The number of hydrogen-bond donors (Lipinski definition) is 1. The predicted octanol–water partition coefficient (Wildman–Crippen LogP) is 2.05. The van der Waals surface area contributed by atoms with Gasteiger partial charge in [0.2, 0.25) is 5.88 Å². The molecule has 0 aliphatic rings. The molecule has 1 aromatic rings. The van der Waals surface area contributed by atoms with E-state index in [0.717, 1.165) is 18.8 Å². The first kappa shape index (κ1) is 14.1. The minimum atomic E-state index is 0.508. The molecule has 1 N–H and O–H groups in total. The van der Waals surface area contributed by atoms with E-state index >= 15 is 0 Å². The number of rotatable bonds is 8. The lowest BCUT2D eigenvalue weighted by Gasteiger charge is -2.08. The Bertz CT molecular complexity index is 314. The molecule has 1 heterocycles. The Labute approximate surface area is 106 Å². The van der Waals surface area contributed by atoms with Gasteiger partial charge in [-0.25, -0.2) is 4.98 Å². The van der Waals surface area contributed by atoms with Gasteiger partial charge in [-0.2, -0.15) is 4.98 Å². The maximum Gasteiger partial charge on any atom is 0.219 e. The van der Waals surface area contributed by atoms with Gasteiger partial charge in [0.05, 0.1) is 6.61 Å². The molecule has 0 amide bonds. The summed E-state index contributed by atoms with van der Waals surface area (Å²) in [5.41, 5.74) is 0. The van der Waals surface area contributed by atoms with Crippen LogP contribution in [0.1, 0.15) is 13.3 Å². The molecule has 1 rings (SSSR count). The van der Waals surface area contributed by atoms with Crippen LogP contribution in [0.3, 0.4) is 0 Å². The standard InChI is InChI=1S/C11H19N3O2S/c1-4-5-15-6-7-16-10-8-9(12-2)13-11(14-10)17-3/h8H,4-7H2,1-3H3,(H,12,13,14). The minimum Gasteiger partial charge on any atom is -0.475 e. The highest BCUT2D eigenvalue weighted by atomic mass is 32.2. The summed E-state index contributed by atoms with van der Waals surface area (Å²) in [5, 5.41) is 3.67. The van der Waals surface area contributed by atoms with Gasteiger partial charge in [-0.05, 0) is 12.7 Å². The van der Waals surface area contributed by atoms with Crippen LogP contribution >= 0.6 is 11.8 Å². The predicted molar refractivity (Wildman–Crippen MR) is 70.0 cm³/mol. The second-order valence-electron chi connectivity index (χ2n) is 3.29. The summed E-state index contributed by atoms with van der Waals surface area (Å²) in [6, 6.07) is 1.78. The topological polar surface area (TPSA) is 56.3 Å². The molecule has 0 atom stereocenters. The van der Waals surface area contributed by atoms with Crippen molar-refractivity contribution >= 4 is 17.6 Å². The van der Waals surface area contributed by atoms with E-state index in [4.69, 9.17) is 9.47 Å². The summed E-state index contributed by atoms with van der Waals surface area (Å²) >= 11 is 1.49.